The maximum atomic E-state index is 4.41. The summed E-state index contributed by atoms with van der Waals surface area (Å²) in [6.07, 6.45) is 9.03. The Hall–Kier alpha value is -1.41. The molecule has 3 rings (SSSR count). The van der Waals surface area contributed by atoms with Crippen LogP contribution in [0.3, 0.4) is 0 Å². The van der Waals surface area contributed by atoms with Crippen LogP contribution in [0.4, 0.5) is 0 Å². The molecule has 1 heterocycles. The van der Waals surface area contributed by atoms with Gasteiger partial charge < -0.3 is 5.32 Å². The maximum Gasteiger partial charge on any atom is 0.0705 e. The van der Waals surface area contributed by atoms with Crippen molar-refractivity contribution in [1.29, 1.82) is 0 Å². The molecule has 0 amide bonds. The van der Waals surface area contributed by atoms with Gasteiger partial charge in [-0.1, -0.05) is 43.9 Å². The van der Waals surface area contributed by atoms with Crippen molar-refractivity contribution in [3.63, 3.8) is 0 Å². The first-order chi connectivity index (χ1) is 9.43. The Balaban J connectivity index is 1.56. The van der Waals surface area contributed by atoms with Crippen molar-refractivity contribution < 1.29 is 0 Å². The van der Waals surface area contributed by atoms with E-state index in [0.29, 0.717) is 0 Å². The van der Waals surface area contributed by atoms with E-state index in [9.17, 15) is 0 Å². The van der Waals surface area contributed by atoms with Gasteiger partial charge in [0.1, 0.15) is 0 Å². The Bertz CT molecular complexity index is 524. The fourth-order valence-electron chi connectivity index (χ4n) is 3.14. The number of hydrogen-bond acceptors (Lipinski definition) is 2. The maximum absolute atomic E-state index is 4.41. The molecule has 2 heteroatoms. The largest absolute Gasteiger partial charge is 0.313 e. The molecule has 0 saturated heterocycles. The van der Waals surface area contributed by atoms with E-state index in [1.54, 1.807) is 0 Å². The van der Waals surface area contributed by atoms with Gasteiger partial charge in [-0.3, -0.25) is 4.98 Å². The van der Waals surface area contributed by atoms with Crippen molar-refractivity contribution in [2.75, 3.05) is 6.54 Å². The first-order valence-corrected chi connectivity index (χ1v) is 7.47. The van der Waals surface area contributed by atoms with Crippen molar-refractivity contribution in [1.82, 2.24) is 10.3 Å². The molecule has 1 aliphatic carbocycles. The minimum absolute atomic E-state index is 0.954. The monoisotopic (exact) mass is 254 g/mol. The SMILES string of the molecule is c1ccc2c(CNCCC3CCCC3)ccnc2c1. The molecule has 1 aromatic carbocycles. The van der Waals surface area contributed by atoms with Crippen molar-refractivity contribution in [3.8, 4) is 0 Å². The molecule has 0 atom stereocenters. The minimum atomic E-state index is 0.954. The number of benzene rings is 1. The number of para-hydroxylation sites is 1. The Morgan fingerprint density at radius 2 is 1.95 bits per heavy atom. The van der Waals surface area contributed by atoms with Gasteiger partial charge in [-0.25, -0.2) is 0 Å². The average Bonchev–Trinajstić information content (AvgIpc) is 2.97. The summed E-state index contributed by atoms with van der Waals surface area (Å²) in [7, 11) is 0. The topological polar surface area (TPSA) is 24.9 Å². The summed E-state index contributed by atoms with van der Waals surface area (Å²) in [5.41, 5.74) is 2.45. The van der Waals surface area contributed by atoms with Crippen LogP contribution in [0.2, 0.25) is 0 Å². The Labute approximate surface area is 115 Å². The second-order valence-electron chi connectivity index (χ2n) is 5.60. The molecule has 1 fully saturated rings. The second-order valence-corrected chi connectivity index (χ2v) is 5.60. The number of hydrogen-bond donors (Lipinski definition) is 1. The van der Waals surface area contributed by atoms with Crippen LogP contribution in [-0.2, 0) is 6.54 Å². The Morgan fingerprint density at radius 1 is 1.11 bits per heavy atom. The minimum Gasteiger partial charge on any atom is -0.313 e. The molecule has 1 saturated carbocycles. The van der Waals surface area contributed by atoms with E-state index < -0.39 is 0 Å². The Morgan fingerprint density at radius 3 is 2.84 bits per heavy atom. The number of pyridine rings is 1. The highest BCUT2D eigenvalue weighted by Crippen LogP contribution is 2.27. The third-order valence-corrected chi connectivity index (χ3v) is 4.26. The van der Waals surface area contributed by atoms with E-state index in [1.165, 1.54) is 43.1 Å². The van der Waals surface area contributed by atoms with Crippen LogP contribution >= 0.6 is 0 Å². The highest BCUT2D eigenvalue weighted by atomic mass is 14.8. The quantitative estimate of drug-likeness (QED) is 0.818. The van der Waals surface area contributed by atoms with Crippen LogP contribution in [0.15, 0.2) is 36.5 Å². The van der Waals surface area contributed by atoms with Crippen LogP contribution in [0.5, 0.6) is 0 Å². The van der Waals surface area contributed by atoms with E-state index in [4.69, 9.17) is 0 Å². The third kappa shape index (κ3) is 3.13. The van der Waals surface area contributed by atoms with Crippen LogP contribution in [-0.4, -0.2) is 11.5 Å². The lowest BCUT2D eigenvalue weighted by Gasteiger charge is -2.11. The summed E-state index contributed by atoms with van der Waals surface area (Å²) >= 11 is 0. The van der Waals surface area contributed by atoms with Crippen LogP contribution in [0, 0.1) is 5.92 Å². The molecule has 1 aliphatic rings. The fraction of sp³-hybridized carbons (Fsp3) is 0.471. The number of aromatic nitrogens is 1. The van der Waals surface area contributed by atoms with Crippen LogP contribution in [0.1, 0.15) is 37.7 Å². The zero-order valence-electron chi connectivity index (χ0n) is 11.4. The predicted octanol–water partition coefficient (Wildman–Crippen LogP) is 3.90. The molecule has 100 valence electrons. The summed E-state index contributed by atoms with van der Waals surface area (Å²) in [6.45, 7) is 2.09. The summed E-state index contributed by atoms with van der Waals surface area (Å²) in [5.74, 6) is 0.974. The lowest BCUT2D eigenvalue weighted by atomic mass is 10.0. The van der Waals surface area contributed by atoms with E-state index in [2.05, 4.69) is 34.6 Å². The van der Waals surface area contributed by atoms with Gasteiger partial charge >= 0.3 is 0 Å². The number of nitrogens with one attached hydrogen (secondary N) is 1. The molecule has 0 aliphatic heterocycles. The van der Waals surface area contributed by atoms with Crippen LogP contribution in [0.25, 0.3) is 10.9 Å². The van der Waals surface area contributed by atoms with Gasteiger partial charge in [0.25, 0.3) is 0 Å². The summed E-state index contributed by atoms with van der Waals surface area (Å²) in [4.78, 5) is 4.41. The van der Waals surface area contributed by atoms with Crippen molar-refractivity contribution in [2.45, 2.75) is 38.6 Å². The molecule has 0 unspecified atom stereocenters. The first-order valence-electron chi connectivity index (χ1n) is 7.47. The summed E-state index contributed by atoms with van der Waals surface area (Å²) in [5, 5.41) is 4.87. The van der Waals surface area contributed by atoms with Gasteiger partial charge in [-0.15, -0.1) is 0 Å². The molecule has 2 nitrogen and oxygen atoms in total. The van der Waals surface area contributed by atoms with Crippen molar-refractivity contribution in [3.05, 3.63) is 42.1 Å². The third-order valence-electron chi connectivity index (χ3n) is 4.26. The summed E-state index contributed by atoms with van der Waals surface area (Å²) < 4.78 is 0. The highest BCUT2D eigenvalue weighted by molar-refractivity contribution is 5.81. The number of rotatable bonds is 5. The molecule has 0 radical (unpaired) electrons. The first kappa shape index (κ1) is 12.6. The van der Waals surface area contributed by atoms with E-state index >= 15 is 0 Å². The molecule has 2 aromatic rings. The predicted molar refractivity (Wildman–Crippen MR) is 80.0 cm³/mol. The van der Waals surface area contributed by atoms with E-state index in [-0.39, 0.29) is 0 Å². The summed E-state index contributed by atoms with van der Waals surface area (Å²) in [6, 6.07) is 10.5. The molecule has 1 aromatic heterocycles. The van der Waals surface area contributed by atoms with Crippen molar-refractivity contribution in [2.24, 2.45) is 5.92 Å². The fourth-order valence-corrected chi connectivity index (χ4v) is 3.14. The molecular formula is C17H22N2. The zero-order chi connectivity index (χ0) is 12.9. The smallest absolute Gasteiger partial charge is 0.0705 e. The molecule has 0 spiro atoms. The van der Waals surface area contributed by atoms with Gasteiger partial charge in [-0.05, 0) is 36.6 Å². The number of nitrogens with zero attached hydrogens (tertiary/aromatic N) is 1. The van der Waals surface area contributed by atoms with E-state index in [1.807, 2.05) is 12.3 Å². The zero-order valence-corrected chi connectivity index (χ0v) is 11.4. The average molecular weight is 254 g/mol. The normalized spacial score (nSPS) is 16.2. The molecule has 19 heavy (non-hydrogen) atoms. The second kappa shape index (κ2) is 6.16. The van der Waals surface area contributed by atoms with Gasteiger partial charge in [0.05, 0.1) is 5.52 Å². The Kier molecular flexibility index (Phi) is 4.09. The number of fused-ring (bicyclic) bond motifs is 1. The molecular weight excluding hydrogens is 232 g/mol. The van der Waals surface area contributed by atoms with Crippen LogP contribution < -0.4 is 5.32 Å². The molecule has 1 N–H and O–H groups in total. The highest BCUT2D eigenvalue weighted by Gasteiger charge is 2.13. The van der Waals surface area contributed by atoms with Gasteiger partial charge in [0, 0.05) is 18.1 Å². The van der Waals surface area contributed by atoms with Crippen molar-refractivity contribution >= 4 is 10.9 Å². The van der Waals surface area contributed by atoms with Gasteiger partial charge in [0.2, 0.25) is 0 Å². The van der Waals surface area contributed by atoms with Gasteiger partial charge in [0.15, 0.2) is 0 Å². The standard InChI is InChI=1S/C17H22N2/c1-2-6-14(5-1)9-11-18-13-15-10-12-19-17-8-4-3-7-16(15)17/h3-4,7-8,10,12,14,18H,1-2,5-6,9,11,13H2. The lowest BCUT2D eigenvalue weighted by Crippen LogP contribution is -2.17. The van der Waals surface area contributed by atoms with E-state index in [0.717, 1.165) is 24.5 Å². The lowest BCUT2D eigenvalue weighted by molar-refractivity contribution is 0.477. The molecule has 0 bridgehead atoms. The van der Waals surface area contributed by atoms with Gasteiger partial charge in [-0.2, -0.15) is 0 Å².